The number of nitrogens with zero attached hydrogens (tertiary/aromatic N) is 3. The second-order valence-electron chi connectivity index (χ2n) is 4.83. The van der Waals surface area contributed by atoms with Gasteiger partial charge in [0.25, 0.3) is 0 Å². The van der Waals surface area contributed by atoms with Crippen molar-refractivity contribution < 1.29 is 9.90 Å². The molecule has 1 N–H and O–H groups in total. The zero-order valence-corrected chi connectivity index (χ0v) is 11.6. The van der Waals surface area contributed by atoms with E-state index in [1.807, 2.05) is 0 Å². The molecular weight excluding hydrogens is 250 g/mol. The molecule has 0 spiro atoms. The Labute approximate surface area is 111 Å². The highest BCUT2D eigenvalue weighted by molar-refractivity contribution is 7.99. The maximum Gasteiger partial charge on any atom is 0.313 e. The molecule has 1 fully saturated rings. The van der Waals surface area contributed by atoms with Crippen molar-refractivity contribution in [2.75, 3.05) is 5.75 Å². The van der Waals surface area contributed by atoms with Crippen LogP contribution >= 0.6 is 11.8 Å². The highest BCUT2D eigenvalue weighted by atomic mass is 32.2. The van der Waals surface area contributed by atoms with Crippen LogP contribution < -0.4 is 0 Å². The van der Waals surface area contributed by atoms with Gasteiger partial charge in [0.05, 0.1) is 5.75 Å². The Morgan fingerprint density at radius 3 is 2.83 bits per heavy atom. The number of aliphatic carboxylic acids is 1. The fraction of sp³-hybridized carbons (Fsp3) is 0.750. The highest BCUT2D eigenvalue weighted by Crippen LogP contribution is 2.38. The number of rotatable bonds is 7. The summed E-state index contributed by atoms with van der Waals surface area (Å²) >= 11 is 1.26. The lowest BCUT2D eigenvalue weighted by Gasteiger charge is -2.17. The molecule has 1 aliphatic rings. The molecule has 1 unspecified atom stereocenters. The Morgan fingerprint density at radius 2 is 2.28 bits per heavy atom. The molecule has 2 rings (SSSR count). The van der Waals surface area contributed by atoms with Crippen LogP contribution in [0.1, 0.15) is 45.0 Å². The minimum absolute atomic E-state index is 0.0397. The molecule has 1 aromatic heterocycles. The van der Waals surface area contributed by atoms with Gasteiger partial charge in [-0.25, -0.2) is 0 Å². The first-order valence-electron chi connectivity index (χ1n) is 6.40. The molecule has 5 nitrogen and oxygen atoms in total. The summed E-state index contributed by atoms with van der Waals surface area (Å²) in [6, 6.07) is 0.360. The second kappa shape index (κ2) is 5.73. The Bertz CT molecular complexity index is 429. The SMILES string of the molecule is CCc1nnc(SCC(=O)O)n1C(C)CC1CC1. The molecular formula is C12H19N3O2S. The van der Waals surface area contributed by atoms with Crippen LogP contribution in [0.25, 0.3) is 0 Å². The summed E-state index contributed by atoms with van der Waals surface area (Å²) in [6.07, 6.45) is 4.62. The summed E-state index contributed by atoms with van der Waals surface area (Å²) in [6.45, 7) is 4.22. The Morgan fingerprint density at radius 1 is 1.56 bits per heavy atom. The summed E-state index contributed by atoms with van der Waals surface area (Å²) in [4.78, 5) is 10.6. The van der Waals surface area contributed by atoms with E-state index in [0.717, 1.165) is 29.7 Å². The van der Waals surface area contributed by atoms with Crippen LogP contribution in [0.4, 0.5) is 0 Å². The molecule has 0 bridgehead atoms. The number of carbonyl (C=O) groups is 1. The van der Waals surface area contributed by atoms with E-state index in [1.54, 1.807) is 0 Å². The molecule has 0 aromatic carbocycles. The Balaban J connectivity index is 2.12. The Hall–Kier alpha value is -1.04. The predicted octanol–water partition coefficient (Wildman–Crippen LogP) is 2.38. The van der Waals surface area contributed by atoms with Gasteiger partial charge in [0, 0.05) is 12.5 Å². The van der Waals surface area contributed by atoms with E-state index in [1.165, 1.54) is 24.6 Å². The fourth-order valence-electron chi connectivity index (χ4n) is 2.16. The molecule has 1 aromatic rings. The molecule has 6 heteroatoms. The van der Waals surface area contributed by atoms with E-state index in [2.05, 4.69) is 28.6 Å². The van der Waals surface area contributed by atoms with Crippen molar-refractivity contribution in [1.29, 1.82) is 0 Å². The number of hydrogen-bond donors (Lipinski definition) is 1. The van der Waals surface area contributed by atoms with Gasteiger partial charge in [-0.3, -0.25) is 4.79 Å². The van der Waals surface area contributed by atoms with Crippen LogP contribution in [0, 0.1) is 5.92 Å². The number of aromatic nitrogens is 3. The molecule has 0 radical (unpaired) electrons. The van der Waals surface area contributed by atoms with Gasteiger partial charge in [-0.05, 0) is 19.3 Å². The van der Waals surface area contributed by atoms with E-state index in [9.17, 15) is 4.79 Å². The number of carboxylic acid groups (broad SMARTS) is 1. The topological polar surface area (TPSA) is 68.0 Å². The molecule has 1 saturated carbocycles. The van der Waals surface area contributed by atoms with Gasteiger partial charge in [0.15, 0.2) is 5.16 Å². The van der Waals surface area contributed by atoms with E-state index in [-0.39, 0.29) is 5.75 Å². The van der Waals surface area contributed by atoms with Crippen molar-refractivity contribution in [2.45, 2.75) is 50.7 Å². The van der Waals surface area contributed by atoms with Gasteiger partial charge in [-0.15, -0.1) is 10.2 Å². The monoisotopic (exact) mass is 269 g/mol. The quantitative estimate of drug-likeness (QED) is 0.770. The van der Waals surface area contributed by atoms with E-state index < -0.39 is 5.97 Å². The maximum absolute atomic E-state index is 10.6. The summed E-state index contributed by atoms with van der Waals surface area (Å²) in [7, 11) is 0. The van der Waals surface area contributed by atoms with Crippen molar-refractivity contribution >= 4 is 17.7 Å². The molecule has 0 amide bonds. The van der Waals surface area contributed by atoms with Gasteiger partial charge in [0.2, 0.25) is 0 Å². The molecule has 100 valence electrons. The van der Waals surface area contributed by atoms with Gasteiger partial charge >= 0.3 is 5.97 Å². The van der Waals surface area contributed by atoms with Crippen LogP contribution in [-0.4, -0.2) is 31.6 Å². The lowest BCUT2D eigenvalue weighted by molar-refractivity contribution is -0.133. The van der Waals surface area contributed by atoms with E-state index in [4.69, 9.17) is 5.11 Å². The number of thioether (sulfide) groups is 1. The highest BCUT2D eigenvalue weighted by Gasteiger charge is 2.26. The maximum atomic E-state index is 10.6. The average molecular weight is 269 g/mol. The third-order valence-corrected chi connectivity index (χ3v) is 4.12. The van der Waals surface area contributed by atoms with E-state index in [0.29, 0.717) is 6.04 Å². The first-order valence-corrected chi connectivity index (χ1v) is 7.38. The smallest absolute Gasteiger partial charge is 0.313 e. The summed E-state index contributed by atoms with van der Waals surface area (Å²) < 4.78 is 2.12. The van der Waals surface area contributed by atoms with Crippen LogP contribution in [-0.2, 0) is 11.2 Å². The van der Waals surface area contributed by atoms with Crippen molar-refractivity contribution in [1.82, 2.24) is 14.8 Å². The summed E-state index contributed by atoms with van der Waals surface area (Å²) in [5, 5.41) is 17.8. The summed E-state index contributed by atoms with van der Waals surface area (Å²) in [5.41, 5.74) is 0. The number of hydrogen-bond acceptors (Lipinski definition) is 4. The Kier molecular flexibility index (Phi) is 4.27. The van der Waals surface area contributed by atoms with Gasteiger partial charge in [-0.2, -0.15) is 0 Å². The van der Waals surface area contributed by atoms with Crippen molar-refractivity contribution in [3.05, 3.63) is 5.82 Å². The normalized spacial score (nSPS) is 16.8. The standard InChI is InChI=1S/C12H19N3O2S/c1-3-10-13-14-12(18-7-11(16)17)15(10)8(2)6-9-4-5-9/h8-9H,3-7H2,1-2H3,(H,16,17). The zero-order valence-electron chi connectivity index (χ0n) is 10.8. The lowest BCUT2D eigenvalue weighted by Crippen LogP contribution is -2.12. The third kappa shape index (κ3) is 3.25. The minimum Gasteiger partial charge on any atom is -0.481 e. The van der Waals surface area contributed by atoms with Crippen LogP contribution in [0.2, 0.25) is 0 Å². The molecule has 0 aliphatic heterocycles. The lowest BCUT2D eigenvalue weighted by atomic mass is 10.1. The van der Waals surface area contributed by atoms with Gasteiger partial charge < -0.3 is 9.67 Å². The second-order valence-corrected chi connectivity index (χ2v) is 5.78. The van der Waals surface area contributed by atoms with Crippen molar-refractivity contribution in [3.63, 3.8) is 0 Å². The fourth-order valence-corrected chi connectivity index (χ4v) is 2.93. The minimum atomic E-state index is -0.817. The van der Waals surface area contributed by atoms with Crippen LogP contribution in [0.5, 0.6) is 0 Å². The predicted molar refractivity (Wildman–Crippen MR) is 69.8 cm³/mol. The molecule has 1 aliphatic carbocycles. The number of carboxylic acids is 1. The summed E-state index contributed by atoms with van der Waals surface area (Å²) in [5.74, 6) is 1.01. The van der Waals surface area contributed by atoms with Crippen molar-refractivity contribution in [2.24, 2.45) is 5.92 Å². The first kappa shape index (κ1) is 13.4. The largest absolute Gasteiger partial charge is 0.481 e. The molecule has 0 saturated heterocycles. The van der Waals surface area contributed by atoms with E-state index >= 15 is 0 Å². The average Bonchev–Trinajstić information content (AvgIpc) is 3.03. The van der Waals surface area contributed by atoms with Crippen molar-refractivity contribution in [3.8, 4) is 0 Å². The third-order valence-electron chi connectivity index (χ3n) is 3.19. The number of aryl methyl sites for hydroxylation is 1. The first-order chi connectivity index (χ1) is 8.61. The van der Waals surface area contributed by atoms with Crippen LogP contribution in [0.15, 0.2) is 5.16 Å². The molecule has 1 atom stereocenters. The molecule has 1 heterocycles. The van der Waals surface area contributed by atoms with Gasteiger partial charge in [0.1, 0.15) is 5.82 Å². The molecule has 18 heavy (non-hydrogen) atoms. The zero-order chi connectivity index (χ0) is 13.1. The van der Waals surface area contributed by atoms with Crippen LogP contribution in [0.3, 0.4) is 0 Å². The van der Waals surface area contributed by atoms with Gasteiger partial charge in [-0.1, -0.05) is 31.5 Å².